The van der Waals surface area contributed by atoms with Crippen LogP contribution in [0.1, 0.15) is 44.3 Å². The van der Waals surface area contributed by atoms with Gasteiger partial charge in [-0.15, -0.1) is 0 Å². The van der Waals surface area contributed by atoms with Crippen LogP contribution in [-0.4, -0.2) is 28.8 Å². The topological polar surface area (TPSA) is 63.5 Å². The van der Waals surface area contributed by atoms with Gasteiger partial charge >= 0.3 is 12.1 Å². The van der Waals surface area contributed by atoms with E-state index in [1.807, 2.05) is 54.6 Å². The van der Waals surface area contributed by atoms with Crippen molar-refractivity contribution < 1.29 is 27.8 Å². The number of aromatic carboxylic acids is 1. The van der Waals surface area contributed by atoms with Crippen LogP contribution in [-0.2, 0) is 19.0 Å². The van der Waals surface area contributed by atoms with E-state index >= 15 is 0 Å². The predicted octanol–water partition coefficient (Wildman–Crippen LogP) is 9.93. The van der Waals surface area contributed by atoms with E-state index in [-0.39, 0.29) is 11.6 Å². The van der Waals surface area contributed by atoms with Crippen molar-refractivity contribution in [2.24, 2.45) is 0 Å². The zero-order valence-corrected chi connectivity index (χ0v) is 26.5. The Kier molecular flexibility index (Phi) is 9.73. The maximum Gasteiger partial charge on any atom is 0.416 e. The van der Waals surface area contributed by atoms with Crippen LogP contribution in [0.4, 0.5) is 18.9 Å². The number of carboxylic acid groups (broad SMARTS) is 1. The molecule has 244 valence electrons. The van der Waals surface area contributed by atoms with Crippen molar-refractivity contribution in [2.45, 2.75) is 25.1 Å². The van der Waals surface area contributed by atoms with Crippen LogP contribution in [0.15, 0.2) is 127 Å². The number of carbonyl (C=O) groups is 1. The fourth-order valence-electron chi connectivity index (χ4n) is 6.11. The van der Waals surface area contributed by atoms with Gasteiger partial charge in [0.2, 0.25) is 0 Å². The van der Waals surface area contributed by atoms with E-state index in [0.717, 1.165) is 45.4 Å². The average Bonchev–Trinajstić information content (AvgIpc) is 3.37. The third kappa shape index (κ3) is 7.34. The molecule has 0 aliphatic heterocycles. The van der Waals surface area contributed by atoms with Gasteiger partial charge in [0.1, 0.15) is 5.75 Å². The molecule has 0 fully saturated rings. The van der Waals surface area contributed by atoms with Crippen molar-refractivity contribution in [3.63, 3.8) is 0 Å². The molecule has 0 amide bonds. The summed E-state index contributed by atoms with van der Waals surface area (Å²) >= 11 is 6.58. The first-order chi connectivity index (χ1) is 23.2. The van der Waals surface area contributed by atoms with Crippen molar-refractivity contribution in [1.82, 2.24) is 4.57 Å². The van der Waals surface area contributed by atoms with Crippen molar-refractivity contribution >= 4 is 34.2 Å². The van der Waals surface area contributed by atoms with Gasteiger partial charge in [-0.3, -0.25) is 0 Å². The van der Waals surface area contributed by atoms with Crippen LogP contribution >= 0.6 is 11.6 Å². The molecule has 5 nitrogen and oxygen atoms in total. The van der Waals surface area contributed by atoms with Gasteiger partial charge in [-0.25, -0.2) is 4.79 Å². The summed E-state index contributed by atoms with van der Waals surface area (Å²) in [4.78, 5) is 11.3. The smallest absolute Gasteiger partial charge is 0.416 e. The molecule has 0 unspecified atom stereocenters. The first-order valence-corrected chi connectivity index (χ1v) is 15.8. The van der Waals surface area contributed by atoms with Gasteiger partial charge in [0.05, 0.1) is 23.8 Å². The molecule has 9 heteroatoms. The summed E-state index contributed by atoms with van der Waals surface area (Å²) in [7, 11) is 0. The molecule has 1 aromatic heterocycles. The second-order valence-corrected chi connectivity index (χ2v) is 11.8. The number of rotatable bonds is 12. The largest absolute Gasteiger partial charge is 0.493 e. The van der Waals surface area contributed by atoms with Gasteiger partial charge in [0.25, 0.3) is 0 Å². The number of hydrogen-bond acceptors (Lipinski definition) is 3. The number of nitrogens with one attached hydrogen (secondary N) is 1. The van der Waals surface area contributed by atoms with Gasteiger partial charge < -0.3 is 19.7 Å². The van der Waals surface area contributed by atoms with Crippen molar-refractivity contribution in [2.75, 3.05) is 18.5 Å². The van der Waals surface area contributed by atoms with Crippen LogP contribution in [0.3, 0.4) is 0 Å². The molecule has 2 N–H and O–H groups in total. The highest BCUT2D eigenvalue weighted by atomic mass is 35.5. The van der Waals surface area contributed by atoms with Gasteiger partial charge in [-0.05, 0) is 77.4 Å². The van der Waals surface area contributed by atoms with E-state index in [0.29, 0.717) is 42.5 Å². The number of fused-ring (bicyclic) bond motifs is 1. The number of anilines is 1. The number of carboxylic acids is 1. The van der Waals surface area contributed by atoms with Crippen molar-refractivity contribution in [1.29, 1.82) is 0 Å². The third-order valence-electron chi connectivity index (χ3n) is 8.27. The molecule has 0 saturated carbocycles. The minimum atomic E-state index is -4.44. The number of aromatic nitrogens is 1. The number of benzene rings is 5. The zero-order valence-electron chi connectivity index (χ0n) is 25.8. The first-order valence-electron chi connectivity index (χ1n) is 15.5. The van der Waals surface area contributed by atoms with E-state index in [1.165, 1.54) is 18.2 Å². The highest BCUT2D eigenvalue weighted by Crippen LogP contribution is 2.38. The highest BCUT2D eigenvalue weighted by Gasteiger charge is 2.30. The van der Waals surface area contributed by atoms with Gasteiger partial charge in [-0.2, -0.15) is 13.2 Å². The maximum atomic E-state index is 13.4. The maximum absolute atomic E-state index is 13.4. The summed E-state index contributed by atoms with van der Waals surface area (Å²) in [5.41, 5.74) is 4.96. The predicted molar refractivity (Wildman–Crippen MR) is 183 cm³/mol. The van der Waals surface area contributed by atoms with Gasteiger partial charge in [0, 0.05) is 46.7 Å². The van der Waals surface area contributed by atoms with Crippen molar-refractivity contribution in [3.05, 3.63) is 166 Å². The molecule has 1 heterocycles. The van der Waals surface area contributed by atoms with Crippen molar-refractivity contribution in [3.8, 4) is 5.75 Å². The molecule has 48 heavy (non-hydrogen) atoms. The van der Waals surface area contributed by atoms with E-state index < -0.39 is 17.7 Å². The minimum absolute atomic E-state index is 0.170. The Morgan fingerprint density at radius 3 is 2.10 bits per heavy atom. The Hall–Kier alpha value is -5.21. The molecule has 0 saturated heterocycles. The Labute approximate surface area is 281 Å². The summed E-state index contributed by atoms with van der Waals surface area (Å²) in [6.07, 6.45) is -3.45. The zero-order chi connectivity index (χ0) is 33.7. The molecular formula is C39H32ClF3N2O3. The summed E-state index contributed by atoms with van der Waals surface area (Å²) in [6.45, 7) is 0.666. The molecular weight excluding hydrogens is 637 g/mol. The Bertz CT molecular complexity index is 1970. The Balaban J connectivity index is 1.42. The van der Waals surface area contributed by atoms with Crippen LogP contribution in [0.5, 0.6) is 5.75 Å². The molecule has 0 spiro atoms. The molecule has 0 aliphatic rings. The lowest BCUT2D eigenvalue weighted by atomic mass is 9.97. The van der Waals surface area contributed by atoms with E-state index in [1.54, 1.807) is 18.2 Å². The Morgan fingerprint density at radius 1 is 0.812 bits per heavy atom. The highest BCUT2D eigenvalue weighted by molar-refractivity contribution is 6.31. The second-order valence-electron chi connectivity index (χ2n) is 11.4. The monoisotopic (exact) mass is 668 g/mol. The van der Waals surface area contributed by atoms with Crippen LogP contribution in [0, 0.1) is 0 Å². The molecule has 5 aromatic carbocycles. The fourth-order valence-corrected chi connectivity index (χ4v) is 6.28. The number of hydrogen-bond donors (Lipinski definition) is 2. The van der Waals surface area contributed by atoms with Gasteiger partial charge in [0.15, 0.2) is 0 Å². The van der Waals surface area contributed by atoms with Crippen LogP contribution < -0.4 is 10.1 Å². The molecule has 0 bridgehead atoms. The SMILES string of the molecule is O=C(O)c1ccc(OCCc2c(CCNc3cccc(C(F)(F)F)c3)n(C(c3ccccc3)c3ccccc3)c3ccc(Cl)cc23)cc1. The summed E-state index contributed by atoms with van der Waals surface area (Å²) in [5.74, 6) is -0.470. The summed E-state index contributed by atoms with van der Waals surface area (Å²) in [6, 6.07) is 37.4. The molecule has 6 aromatic rings. The summed E-state index contributed by atoms with van der Waals surface area (Å²) in [5, 5.41) is 14.0. The molecule has 0 atom stereocenters. The van der Waals surface area contributed by atoms with Crippen LogP contribution in [0.2, 0.25) is 5.02 Å². The number of ether oxygens (including phenoxy) is 1. The van der Waals surface area contributed by atoms with E-state index in [9.17, 15) is 23.1 Å². The fraction of sp³-hybridized carbons (Fsp3) is 0.154. The second kappa shape index (κ2) is 14.3. The van der Waals surface area contributed by atoms with E-state index in [4.69, 9.17) is 16.3 Å². The lowest BCUT2D eigenvalue weighted by Crippen LogP contribution is -2.18. The quantitative estimate of drug-likeness (QED) is 0.136. The lowest BCUT2D eigenvalue weighted by molar-refractivity contribution is -0.137. The Morgan fingerprint density at radius 2 is 1.48 bits per heavy atom. The molecule has 0 radical (unpaired) electrons. The molecule has 0 aliphatic carbocycles. The average molecular weight is 669 g/mol. The standard InChI is InChI=1S/C39H32ClF3N2O3/c40-30-16-19-35-34(25-30)33(21-23-48-32-17-14-28(15-18-32)38(46)47)36(20-22-44-31-13-7-12-29(24-31)39(41,42)43)45(35)37(26-8-3-1-4-9-26)27-10-5-2-6-11-27/h1-19,24-25,37,44H,20-23H2,(H,46,47). The number of alkyl halides is 3. The van der Waals surface area contributed by atoms with Crippen LogP contribution in [0.25, 0.3) is 10.9 Å². The molecule has 6 rings (SSSR count). The summed E-state index contributed by atoms with van der Waals surface area (Å²) < 4.78 is 48.7. The number of halogens is 4. The number of nitrogens with zero attached hydrogens (tertiary/aromatic N) is 1. The van der Waals surface area contributed by atoms with E-state index in [2.05, 4.69) is 34.1 Å². The third-order valence-corrected chi connectivity index (χ3v) is 8.51. The first kappa shape index (κ1) is 32.7. The lowest BCUT2D eigenvalue weighted by Gasteiger charge is -2.25. The minimum Gasteiger partial charge on any atom is -0.493 e. The van der Waals surface area contributed by atoms with Gasteiger partial charge in [-0.1, -0.05) is 78.3 Å². The normalized spacial score (nSPS) is 11.6.